The fourth-order valence-corrected chi connectivity index (χ4v) is 0.978. The molecule has 0 atom stereocenters. The smallest absolute Gasteiger partial charge is 0.306 e. The summed E-state index contributed by atoms with van der Waals surface area (Å²) >= 11 is 0. The summed E-state index contributed by atoms with van der Waals surface area (Å²) in [5.74, 6) is -1.26. The first-order valence-corrected chi connectivity index (χ1v) is 4.46. The van der Waals surface area contributed by atoms with E-state index in [2.05, 4.69) is 10.4 Å². The molecule has 0 spiro atoms. The lowest BCUT2D eigenvalue weighted by atomic mass is 10.4. The highest BCUT2D eigenvalue weighted by Gasteiger charge is 2.09. The van der Waals surface area contributed by atoms with Crippen molar-refractivity contribution < 1.29 is 14.5 Å². The van der Waals surface area contributed by atoms with Crippen LogP contribution in [0, 0.1) is 10.1 Å². The van der Waals surface area contributed by atoms with E-state index in [1.807, 2.05) is 0 Å². The maximum Gasteiger partial charge on any atom is 0.306 e. The van der Waals surface area contributed by atoms with Gasteiger partial charge in [0, 0.05) is 13.5 Å². The molecule has 0 saturated carbocycles. The second-order valence-electron chi connectivity index (χ2n) is 3.03. The first-order chi connectivity index (χ1) is 7.50. The van der Waals surface area contributed by atoms with Gasteiger partial charge < -0.3 is 5.32 Å². The molecule has 1 N–H and O–H groups in total. The topological polar surface area (TPSA) is 107 Å². The van der Waals surface area contributed by atoms with Crippen molar-refractivity contribution in [1.82, 2.24) is 15.1 Å². The van der Waals surface area contributed by atoms with Crippen molar-refractivity contribution in [2.75, 3.05) is 6.54 Å². The van der Waals surface area contributed by atoms with Crippen LogP contribution in [0.25, 0.3) is 0 Å². The molecule has 0 aromatic carbocycles. The number of nitrogens with one attached hydrogen (secondary N) is 1. The maximum atomic E-state index is 10.8. The average Bonchev–Trinajstić information content (AvgIpc) is 2.66. The van der Waals surface area contributed by atoms with Gasteiger partial charge in [-0.2, -0.15) is 5.10 Å². The molecule has 0 saturated heterocycles. The third-order valence-electron chi connectivity index (χ3n) is 1.78. The molecule has 8 nitrogen and oxygen atoms in total. The van der Waals surface area contributed by atoms with Gasteiger partial charge in [-0.1, -0.05) is 0 Å². The number of rotatable bonds is 5. The Morgan fingerprint density at radius 3 is 2.81 bits per heavy atom. The molecule has 1 amide bonds. The largest absolute Gasteiger partial charge is 0.348 e. The minimum Gasteiger partial charge on any atom is -0.348 e. The number of hydrogen-bond donors (Lipinski definition) is 1. The van der Waals surface area contributed by atoms with Crippen LogP contribution in [-0.4, -0.2) is 32.9 Å². The van der Waals surface area contributed by atoms with E-state index < -0.39 is 16.6 Å². The highest BCUT2D eigenvalue weighted by molar-refractivity contribution is 6.35. The molecule has 16 heavy (non-hydrogen) atoms. The zero-order chi connectivity index (χ0) is 12.1. The summed E-state index contributed by atoms with van der Waals surface area (Å²) in [6.07, 6.45) is 2.37. The lowest BCUT2D eigenvalue weighted by molar-refractivity contribution is -0.385. The van der Waals surface area contributed by atoms with E-state index in [4.69, 9.17) is 0 Å². The number of nitrogens with zero attached hydrogens (tertiary/aromatic N) is 3. The standard InChI is InChI=1S/C8H10N4O4/c1-6(13)8(14)9-2-3-11-5-7(4-10-11)12(15)16/h4-5H,2-3H2,1H3,(H,9,14). The van der Waals surface area contributed by atoms with Crippen LogP contribution in [0.2, 0.25) is 0 Å². The molecule has 0 aliphatic heterocycles. The molecule has 86 valence electrons. The Kier molecular flexibility index (Phi) is 3.70. The van der Waals surface area contributed by atoms with Crippen LogP contribution < -0.4 is 5.32 Å². The van der Waals surface area contributed by atoms with Gasteiger partial charge in [0.25, 0.3) is 5.91 Å². The van der Waals surface area contributed by atoms with Crippen molar-refractivity contribution in [3.63, 3.8) is 0 Å². The monoisotopic (exact) mass is 226 g/mol. The first kappa shape index (κ1) is 11.8. The summed E-state index contributed by atoms with van der Waals surface area (Å²) in [4.78, 5) is 31.2. The SMILES string of the molecule is CC(=O)C(=O)NCCn1cc([N+](=O)[O-])cn1. The Morgan fingerprint density at radius 1 is 1.62 bits per heavy atom. The highest BCUT2D eigenvalue weighted by Crippen LogP contribution is 2.06. The van der Waals surface area contributed by atoms with Crippen LogP contribution in [0.5, 0.6) is 0 Å². The average molecular weight is 226 g/mol. The molecule has 1 aromatic rings. The second kappa shape index (κ2) is 5.01. The normalized spacial score (nSPS) is 9.81. The van der Waals surface area contributed by atoms with E-state index in [1.165, 1.54) is 10.9 Å². The van der Waals surface area contributed by atoms with Crippen molar-refractivity contribution in [2.24, 2.45) is 0 Å². The van der Waals surface area contributed by atoms with Crippen molar-refractivity contribution in [1.29, 1.82) is 0 Å². The van der Waals surface area contributed by atoms with E-state index in [9.17, 15) is 19.7 Å². The van der Waals surface area contributed by atoms with Crippen LogP contribution in [0.15, 0.2) is 12.4 Å². The fraction of sp³-hybridized carbons (Fsp3) is 0.375. The Labute approximate surface area is 90.4 Å². The fourth-order valence-electron chi connectivity index (χ4n) is 0.978. The molecule has 8 heteroatoms. The number of carbonyl (C=O) groups excluding carboxylic acids is 2. The van der Waals surface area contributed by atoms with Crippen molar-refractivity contribution in [3.8, 4) is 0 Å². The van der Waals surface area contributed by atoms with Gasteiger partial charge in [0.15, 0.2) is 0 Å². The molecule has 0 bridgehead atoms. The van der Waals surface area contributed by atoms with Crippen molar-refractivity contribution in [3.05, 3.63) is 22.5 Å². The lowest BCUT2D eigenvalue weighted by Crippen LogP contribution is -2.31. The van der Waals surface area contributed by atoms with Crippen LogP contribution in [0.1, 0.15) is 6.92 Å². The van der Waals surface area contributed by atoms with Gasteiger partial charge in [-0.15, -0.1) is 0 Å². The molecule has 0 aliphatic rings. The quantitative estimate of drug-likeness (QED) is 0.413. The van der Waals surface area contributed by atoms with Gasteiger partial charge in [0.05, 0.1) is 11.5 Å². The minimum atomic E-state index is -0.679. The molecule has 0 fully saturated rings. The van der Waals surface area contributed by atoms with E-state index in [0.29, 0.717) is 0 Å². The number of nitro groups is 1. The third kappa shape index (κ3) is 3.15. The van der Waals surface area contributed by atoms with Crippen molar-refractivity contribution in [2.45, 2.75) is 13.5 Å². The molecule has 1 rings (SSSR count). The maximum absolute atomic E-state index is 10.8. The molecule has 0 unspecified atom stereocenters. The molecule has 1 aromatic heterocycles. The zero-order valence-electron chi connectivity index (χ0n) is 8.54. The molecular formula is C8H10N4O4. The van der Waals surface area contributed by atoms with Crippen LogP contribution in [-0.2, 0) is 16.1 Å². The Hall–Kier alpha value is -2.25. The van der Waals surface area contributed by atoms with Crippen molar-refractivity contribution >= 4 is 17.4 Å². The van der Waals surface area contributed by atoms with E-state index in [1.54, 1.807) is 0 Å². The van der Waals surface area contributed by atoms with Gasteiger partial charge in [-0.05, 0) is 0 Å². The molecule has 0 aliphatic carbocycles. The summed E-state index contributed by atoms with van der Waals surface area (Å²) in [5.41, 5.74) is -0.113. The number of carbonyl (C=O) groups is 2. The molecular weight excluding hydrogens is 216 g/mol. The summed E-state index contributed by atoms with van der Waals surface area (Å²) in [5, 5.41) is 16.4. The summed E-state index contributed by atoms with van der Waals surface area (Å²) < 4.78 is 1.32. The van der Waals surface area contributed by atoms with Gasteiger partial charge in [0.2, 0.25) is 5.78 Å². The Bertz CT molecular complexity index is 425. The van der Waals surface area contributed by atoms with Crippen LogP contribution >= 0.6 is 0 Å². The number of amides is 1. The number of Topliss-reactive ketones (excluding diaryl/α,β-unsaturated/α-hetero) is 1. The Balaban J connectivity index is 2.40. The number of aromatic nitrogens is 2. The highest BCUT2D eigenvalue weighted by atomic mass is 16.6. The van der Waals surface area contributed by atoms with Crippen LogP contribution in [0.3, 0.4) is 0 Å². The molecule has 1 heterocycles. The lowest BCUT2D eigenvalue weighted by Gasteiger charge is -2.01. The zero-order valence-corrected chi connectivity index (χ0v) is 8.54. The predicted octanol–water partition coefficient (Wildman–Crippen LogP) is -0.504. The predicted molar refractivity (Wildman–Crippen MR) is 52.6 cm³/mol. The number of hydrogen-bond acceptors (Lipinski definition) is 5. The summed E-state index contributed by atoms with van der Waals surface area (Å²) in [6.45, 7) is 1.62. The second-order valence-corrected chi connectivity index (χ2v) is 3.03. The van der Waals surface area contributed by atoms with E-state index >= 15 is 0 Å². The summed E-state index contributed by atoms with van der Waals surface area (Å²) in [6, 6.07) is 0. The minimum absolute atomic E-state index is 0.113. The summed E-state index contributed by atoms with van der Waals surface area (Å²) in [7, 11) is 0. The Morgan fingerprint density at radius 2 is 2.31 bits per heavy atom. The van der Waals surface area contributed by atoms with Gasteiger partial charge in [-0.3, -0.25) is 24.4 Å². The number of ketones is 1. The third-order valence-corrected chi connectivity index (χ3v) is 1.78. The van der Waals surface area contributed by atoms with E-state index in [-0.39, 0.29) is 18.8 Å². The first-order valence-electron chi connectivity index (χ1n) is 4.46. The van der Waals surface area contributed by atoms with Gasteiger partial charge >= 0.3 is 5.69 Å². The van der Waals surface area contributed by atoms with Gasteiger partial charge in [-0.25, -0.2) is 0 Å². The van der Waals surface area contributed by atoms with Gasteiger partial charge in [0.1, 0.15) is 12.4 Å². The van der Waals surface area contributed by atoms with Crippen LogP contribution in [0.4, 0.5) is 5.69 Å². The molecule has 0 radical (unpaired) electrons. The van der Waals surface area contributed by atoms with E-state index in [0.717, 1.165) is 13.1 Å².